The third kappa shape index (κ3) is 4.84. The summed E-state index contributed by atoms with van der Waals surface area (Å²) >= 11 is 0. The molecule has 34 heavy (non-hydrogen) atoms. The Balaban J connectivity index is 1.58. The Morgan fingerprint density at radius 3 is 2.71 bits per heavy atom. The van der Waals surface area contributed by atoms with E-state index in [1.807, 2.05) is 17.0 Å². The zero-order chi connectivity index (χ0) is 24.2. The topological polar surface area (TPSA) is 74.7 Å². The maximum absolute atomic E-state index is 14.5. The van der Waals surface area contributed by atoms with Gasteiger partial charge in [-0.2, -0.15) is 0 Å². The van der Waals surface area contributed by atoms with Crippen molar-refractivity contribution < 1.29 is 27.8 Å². The molecule has 2 heterocycles. The van der Waals surface area contributed by atoms with E-state index >= 15 is 0 Å². The van der Waals surface area contributed by atoms with Gasteiger partial charge in [-0.1, -0.05) is 6.07 Å². The zero-order valence-electron chi connectivity index (χ0n) is 18.5. The van der Waals surface area contributed by atoms with Gasteiger partial charge < -0.3 is 20.1 Å². The van der Waals surface area contributed by atoms with Crippen LogP contribution < -0.4 is 15.0 Å². The second-order valence-corrected chi connectivity index (χ2v) is 7.98. The molecule has 0 fully saturated rings. The fraction of sp³-hybridized carbons (Fsp3) is 0.280. The van der Waals surface area contributed by atoms with Crippen molar-refractivity contribution in [3.05, 3.63) is 82.5 Å². The van der Waals surface area contributed by atoms with Crippen molar-refractivity contribution in [2.45, 2.75) is 19.0 Å². The molecule has 9 heteroatoms. The fourth-order valence-electron chi connectivity index (χ4n) is 4.07. The van der Waals surface area contributed by atoms with Gasteiger partial charge in [-0.25, -0.2) is 18.2 Å². The van der Waals surface area contributed by atoms with Crippen molar-refractivity contribution in [2.75, 3.05) is 31.7 Å². The molecule has 1 amide bonds. The quantitative estimate of drug-likeness (QED) is 0.524. The molecule has 0 spiro atoms. The lowest BCUT2D eigenvalue weighted by Gasteiger charge is -2.20. The molecule has 0 radical (unpaired) electrons. The van der Waals surface area contributed by atoms with Crippen LogP contribution in [0.1, 0.15) is 27.0 Å². The second-order valence-electron chi connectivity index (χ2n) is 7.98. The van der Waals surface area contributed by atoms with Crippen LogP contribution >= 0.6 is 0 Å². The SMILES string of the molecule is COc1ccc(Cc2ccnc(N3CCc4c3ccc(F)c4C(=O)NCC(F)CO)c2)cc1F. The van der Waals surface area contributed by atoms with Crippen LogP contribution in [0.2, 0.25) is 0 Å². The van der Waals surface area contributed by atoms with E-state index in [2.05, 4.69) is 10.3 Å². The molecule has 0 saturated carbocycles. The number of carbonyl (C=O) groups is 1. The number of hydrogen-bond donors (Lipinski definition) is 2. The number of pyridine rings is 1. The number of fused-ring (bicyclic) bond motifs is 1. The van der Waals surface area contributed by atoms with Crippen molar-refractivity contribution in [3.8, 4) is 5.75 Å². The zero-order valence-corrected chi connectivity index (χ0v) is 18.5. The molecule has 1 unspecified atom stereocenters. The Kier molecular flexibility index (Phi) is 7.02. The molecule has 0 bridgehead atoms. The normalized spacial score (nSPS) is 13.5. The fourth-order valence-corrected chi connectivity index (χ4v) is 4.07. The predicted molar refractivity (Wildman–Crippen MR) is 121 cm³/mol. The Hall–Kier alpha value is -3.59. The molecular weight excluding hydrogens is 447 g/mol. The molecule has 0 saturated heterocycles. The van der Waals surface area contributed by atoms with E-state index in [4.69, 9.17) is 9.84 Å². The van der Waals surface area contributed by atoms with Crippen LogP contribution in [-0.4, -0.2) is 49.0 Å². The Morgan fingerprint density at radius 1 is 1.18 bits per heavy atom. The number of amides is 1. The van der Waals surface area contributed by atoms with Gasteiger partial charge in [0.1, 0.15) is 17.8 Å². The standard InChI is InChI=1S/C25H24F3N3O3/c1-34-22-5-2-15(11-20(22)28)10-16-6-8-29-23(12-16)31-9-7-18-21(31)4-3-19(27)24(18)25(33)30-13-17(26)14-32/h2-6,8,11-12,17,32H,7,9-10,13-14H2,1H3,(H,30,33). The number of hydrogen-bond acceptors (Lipinski definition) is 5. The lowest BCUT2D eigenvalue weighted by Crippen LogP contribution is -2.32. The number of nitrogens with zero attached hydrogens (tertiary/aromatic N) is 2. The van der Waals surface area contributed by atoms with E-state index in [1.54, 1.807) is 24.4 Å². The molecule has 4 rings (SSSR count). The summed E-state index contributed by atoms with van der Waals surface area (Å²) in [4.78, 5) is 18.9. The molecule has 6 nitrogen and oxygen atoms in total. The van der Waals surface area contributed by atoms with Gasteiger partial charge in [0.25, 0.3) is 5.91 Å². The molecule has 0 aliphatic carbocycles. The molecular formula is C25H24F3N3O3. The highest BCUT2D eigenvalue weighted by Crippen LogP contribution is 2.37. The number of alkyl halides is 1. The number of anilines is 2. The highest BCUT2D eigenvalue weighted by atomic mass is 19.1. The smallest absolute Gasteiger partial charge is 0.254 e. The van der Waals surface area contributed by atoms with Crippen LogP contribution in [0.15, 0.2) is 48.7 Å². The van der Waals surface area contributed by atoms with Crippen molar-refractivity contribution in [3.63, 3.8) is 0 Å². The minimum absolute atomic E-state index is 0.130. The summed E-state index contributed by atoms with van der Waals surface area (Å²) in [5.74, 6) is -1.06. The van der Waals surface area contributed by atoms with Crippen molar-refractivity contribution in [2.24, 2.45) is 0 Å². The first-order valence-corrected chi connectivity index (χ1v) is 10.8. The highest BCUT2D eigenvalue weighted by Gasteiger charge is 2.29. The summed E-state index contributed by atoms with van der Waals surface area (Å²) in [6.45, 7) is -0.651. The summed E-state index contributed by atoms with van der Waals surface area (Å²) in [5, 5.41) is 11.1. The Morgan fingerprint density at radius 2 is 1.97 bits per heavy atom. The van der Waals surface area contributed by atoms with Crippen LogP contribution in [0.3, 0.4) is 0 Å². The summed E-state index contributed by atoms with van der Waals surface area (Å²) in [6, 6.07) is 11.3. The van der Waals surface area contributed by atoms with Crippen LogP contribution in [-0.2, 0) is 12.8 Å². The molecule has 2 N–H and O–H groups in total. The van der Waals surface area contributed by atoms with E-state index in [9.17, 15) is 18.0 Å². The summed E-state index contributed by atoms with van der Waals surface area (Å²) in [6.07, 6.45) is 0.913. The van der Waals surface area contributed by atoms with Crippen LogP contribution in [0.5, 0.6) is 5.75 Å². The molecule has 2 aromatic carbocycles. The van der Waals surface area contributed by atoms with E-state index in [0.717, 1.165) is 11.1 Å². The van der Waals surface area contributed by atoms with E-state index in [1.165, 1.54) is 19.2 Å². The molecule has 1 aliphatic heterocycles. The van der Waals surface area contributed by atoms with Crippen LogP contribution in [0.4, 0.5) is 24.7 Å². The summed E-state index contributed by atoms with van der Waals surface area (Å²) in [7, 11) is 1.41. The van der Waals surface area contributed by atoms with Crippen LogP contribution in [0, 0.1) is 11.6 Å². The number of aliphatic hydroxyl groups is 1. The third-order valence-electron chi connectivity index (χ3n) is 5.73. The van der Waals surface area contributed by atoms with E-state index in [-0.39, 0.29) is 11.3 Å². The summed E-state index contributed by atoms with van der Waals surface area (Å²) < 4.78 is 46.9. The number of rotatable bonds is 8. The number of carbonyl (C=O) groups excluding carboxylic acids is 1. The minimum Gasteiger partial charge on any atom is -0.494 e. The number of benzene rings is 2. The number of ether oxygens (including phenoxy) is 1. The van der Waals surface area contributed by atoms with Gasteiger partial charge in [-0.05, 0) is 65.9 Å². The van der Waals surface area contributed by atoms with Gasteiger partial charge in [0.05, 0.1) is 25.8 Å². The number of methoxy groups -OCH3 is 1. The van der Waals surface area contributed by atoms with Crippen molar-refractivity contribution in [1.82, 2.24) is 10.3 Å². The maximum Gasteiger partial charge on any atom is 0.254 e. The van der Waals surface area contributed by atoms with Crippen molar-refractivity contribution in [1.29, 1.82) is 0 Å². The number of aromatic nitrogens is 1. The van der Waals surface area contributed by atoms with E-state index in [0.29, 0.717) is 36.5 Å². The molecule has 178 valence electrons. The lowest BCUT2D eigenvalue weighted by molar-refractivity contribution is 0.0923. The minimum atomic E-state index is -1.62. The van der Waals surface area contributed by atoms with E-state index < -0.39 is 36.9 Å². The van der Waals surface area contributed by atoms with Gasteiger partial charge >= 0.3 is 0 Å². The highest BCUT2D eigenvalue weighted by molar-refractivity contribution is 5.98. The van der Waals surface area contributed by atoms with Crippen molar-refractivity contribution >= 4 is 17.4 Å². The molecule has 1 aromatic heterocycles. The second kappa shape index (κ2) is 10.1. The van der Waals surface area contributed by atoms with Gasteiger partial charge in [0.2, 0.25) is 0 Å². The largest absolute Gasteiger partial charge is 0.494 e. The lowest BCUT2D eigenvalue weighted by atomic mass is 10.0. The first-order chi connectivity index (χ1) is 16.4. The van der Waals surface area contributed by atoms with Gasteiger partial charge in [0, 0.05) is 18.4 Å². The molecule has 1 aliphatic rings. The number of aliphatic hydroxyl groups excluding tert-OH is 1. The average Bonchev–Trinajstić information content (AvgIpc) is 3.26. The first-order valence-electron chi connectivity index (χ1n) is 10.8. The predicted octanol–water partition coefficient (Wildman–Crippen LogP) is 3.71. The van der Waals surface area contributed by atoms with Gasteiger partial charge in [-0.15, -0.1) is 0 Å². The number of nitrogens with one attached hydrogen (secondary N) is 1. The van der Waals surface area contributed by atoms with Gasteiger partial charge in [-0.3, -0.25) is 4.79 Å². The van der Waals surface area contributed by atoms with Crippen LogP contribution in [0.25, 0.3) is 0 Å². The average molecular weight is 471 g/mol. The molecule has 1 atom stereocenters. The molecule has 3 aromatic rings. The summed E-state index contributed by atoms with van der Waals surface area (Å²) in [5.41, 5.74) is 2.70. The monoisotopic (exact) mass is 471 g/mol. The Labute approximate surface area is 195 Å². The number of halogens is 3. The third-order valence-corrected chi connectivity index (χ3v) is 5.73. The maximum atomic E-state index is 14.5. The first kappa shape index (κ1) is 23.6. The Bertz CT molecular complexity index is 1210. The van der Waals surface area contributed by atoms with Gasteiger partial charge in [0.15, 0.2) is 11.6 Å².